The Hall–Kier alpha value is -0.640. The molecule has 3 rings (SSSR count). The van der Waals surface area contributed by atoms with E-state index in [0.717, 1.165) is 4.77 Å². The van der Waals surface area contributed by atoms with Gasteiger partial charge in [-0.05, 0) is 37.9 Å². The molecule has 0 bridgehead atoms. The highest BCUT2D eigenvalue weighted by Gasteiger charge is 2.25. The highest BCUT2D eigenvalue weighted by atomic mass is 32.1. The second-order valence-electron chi connectivity index (χ2n) is 5.88. The topological polar surface area (TPSA) is 33.6 Å². The standard InChI is InChI=1S/C14H23N3S/c18-14-16-15-13(11-7-3-1-4-8-11)17(14)12-9-5-2-6-10-12/h11-12H,1-10H2,(H,16,18). The molecule has 0 amide bonds. The highest BCUT2D eigenvalue weighted by Crippen LogP contribution is 2.35. The molecule has 3 nitrogen and oxygen atoms in total. The first-order valence-electron chi connectivity index (χ1n) is 7.53. The summed E-state index contributed by atoms with van der Waals surface area (Å²) in [5.41, 5.74) is 0. The van der Waals surface area contributed by atoms with Crippen LogP contribution in [0.4, 0.5) is 0 Å². The summed E-state index contributed by atoms with van der Waals surface area (Å²) in [6.07, 6.45) is 13.4. The van der Waals surface area contributed by atoms with Gasteiger partial charge in [0, 0.05) is 12.0 Å². The third-order valence-electron chi connectivity index (χ3n) is 4.64. The van der Waals surface area contributed by atoms with Gasteiger partial charge in [0.25, 0.3) is 0 Å². The molecule has 0 atom stereocenters. The second-order valence-corrected chi connectivity index (χ2v) is 6.27. The fraction of sp³-hybridized carbons (Fsp3) is 0.857. The Morgan fingerprint density at radius 2 is 1.56 bits per heavy atom. The molecule has 2 fully saturated rings. The number of aromatic nitrogens is 3. The van der Waals surface area contributed by atoms with Crippen LogP contribution in [0, 0.1) is 4.77 Å². The number of nitrogens with one attached hydrogen (secondary N) is 1. The first kappa shape index (κ1) is 12.4. The van der Waals surface area contributed by atoms with Crippen molar-refractivity contribution in [1.29, 1.82) is 0 Å². The van der Waals surface area contributed by atoms with Crippen LogP contribution in [0.5, 0.6) is 0 Å². The van der Waals surface area contributed by atoms with Crippen LogP contribution in [0.3, 0.4) is 0 Å². The summed E-state index contributed by atoms with van der Waals surface area (Å²) in [4.78, 5) is 0. The van der Waals surface area contributed by atoms with Crippen LogP contribution in [0.2, 0.25) is 0 Å². The first-order valence-corrected chi connectivity index (χ1v) is 7.94. The lowest BCUT2D eigenvalue weighted by Crippen LogP contribution is -2.19. The van der Waals surface area contributed by atoms with E-state index in [0.29, 0.717) is 12.0 Å². The Labute approximate surface area is 114 Å². The number of aromatic amines is 1. The molecule has 0 radical (unpaired) electrons. The lowest BCUT2D eigenvalue weighted by atomic mass is 9.88. The molecule has 18 heavy (non-hydrogen) atoms. The lowest BCUT2D eigenvalue weighted by Gasteiger charge is -2.27. The maximum Gasteiger partial charge on any atom is 0.195 e. The zero-order valence-electron chi connectivity index (χ0n) is 11.0. The summed E-state index contributed by atoms with van der Waals surface area (Å²) in [7, 11) is 0. The van der Waals surface area contributed by atoms with E-state index in [2.05, 4.69) is 14.8 Å². The minimum absolute atomic E-state index is 0.613. The van der Waals surface area contributed by atoms with Crippen molar-refractivity contribution in [2.24, 2.45) is 0 Å². The Kier molecular flexibility index (Phi) is 3.83. The Morgan fingerprint density at radius 1 is 0.944 bits per heavy atom. The molecule has 100 valence electrons. The van der Waals surface area contributed by atoms with E-state index in [9.17, 15) is 0 Å². The summed E-state index contributed by atoms with van der Waals surface area (Å²) in [5, 5.41) is 7.61. The van der Waals surface area contributed by atoms with E-state index in [1.807, 2.05) is 0 Å². The monoisotopic (exact) mass is 265 g/mol. The molecular formula is C14H23N3S. The van der Waals surface area contributed by atoms with E-state index in [1.165, 1.54) is 70.0 Å². The van der Waals surface area contributed by atoms with E-state index in [-0.39, 0.29) is 0 Å². The van der Waals surface area contributed by atoms with E-state index in [1.54, 1.807) is 0 Å². The van der Waals surface area contributed by atoms with Crippen LogP contribution in [-0.2, 0) is 0 Å². The van der Waals surface area contributed by atoms with Crippen molar-refractivity contribution in [3.63, 3.8) is 0 Å². The molecule has 0 spiro atoms. The molecule has 1 aromatic heterocycles. The Morgan fingerprint density at radius 3 is 2.22 bits per heavy atom. The van der Waals surface area contributed by atoms with E-state index in [4.69, 9.17) is 12.2 Å². The zero-order chi connectivity index (χ0) is 12.4. The molecule has 2 aliphatic rings. The Bertz CT molecular complexity index is 436. The van der Waals surface area contributed by atoms with E-state index < -0.39 is 0 Å². The zero-order valence-corrected chi connectivity index (χ0v) is 11.8. The molecule has 2 saturated carbocycles. The SMILES string of the molecule is S=c1[nH]nc(C2CCCCC2)n1C1CCCCC1. The summed E-state index contributed by atoms with van der Waals surface area (Å²) in [5.74, 6) is 1.90. The summed E-state index contributed by atoms with van der Waals surface area (Å²) in [6.45, 7) is 0. The first-order chi connectivity index (χ1) is 8.86. The second kappa shape index (κ2) is 5.55. The van der Waals surface area contributed by atoms with Crippen molar-refractivity contribution in [3.05, 3.63) is 10.6 Å². The minimum Gasteiger partial charge on any atom is -0.301 e. The third-order valence-corrected chi connectivity index (χ3v) is 4.93. The molecule has 1 aromatic rings. The maximum atomic E-state index is 5.47. The lowest BCUT2D eigenvalue weighted by molar-refractivity contribution is 0.325. The largest absolute Gasteiger partial charge is 0.301 e. The van der Waals surface area contributed by atoms with Crippen LogP contribution >= 0.6 is 12.2 Å². The van der Waals surface area contributed by atoms with Crippen molar-refractivity contribution >= 4 is 12.2 Å². The summed E-state index contributed by atoms with van der Waals surface area (Å²) < 4.78 is 3.22. The fourth-order valence-electron chi connectivity index (χ4n) is 3.66. The van der Waals surface area contributed by atoms with Gasteiger partial charge < -0.3 is 4.57 Å². The summed E-state index contributed by atoms with van der Waals surface area (Å²) in [6, 6.07) is 0.613. The fourth-order valence-corrected chi connectivity index (χ4v) is 3.95. The number of hydrogen-bond donors (Lipinski definition) is 1. The van der Waals surface area contributed by atoms with Gasteiger partial charge in [-0.25, -0.2) is 0 Å². The molecule has 4 heteroatoms. The number of hydrogen-bond acceptors (Lipinski definition) is 2. The number of H-pyrrole nitrogens is 1. The normalized spacial score (nSPS) is 23.3. The van der Waals surface area contributed by atoms with Gasteiger partial charge in [-0.2, -0.15) is 5.10 Å². The number of nitrogens with zero attached hydrogens (tertiary/aromatic N) is 2. The van der Waals surface area contributed by atoms with Crippen LogP contribution in [-0.4, -0.2) is 14.8 Å². The smallest absolute Gasteiger partial charge is 0.195 e. The maximum absolute atomic E-state index is 5.47. The van der Waals surface area contributed by atoms with Gasteiger partial charge in [0.1, 0.15) is 5.82 Å². The predicted molar refractivity (Wildman–Crippen MR) is 75.4 cm³/mol. The van der Waals surface area contributed by atoms with Crippen LogP contribution < -0.4 is 0 Å². The van der Waals surface area contributed by atoms with Crippen molar-refractivity contribution in [3.8, 4) is 0 Å². The van der Waals surface area contributed by atoms with Gasteiger partial charge >= 0.3 is 0 Å². The highest BCUT2D eigenvalue weighted by molar-refractivity contribution is 7.71. The van der Waals surface area contributed by atoms with Crippen LogP contribution in [0.1, 0.15) is 82.0 Å². The number of rotatable bonds is 2. The summed E-state index contributed by atoms with van der Waals surface area (Å²) >= 11 is 5.47. The van der Waals surface area contributed by atoms with Crippen molar-refractivity contribution in [2.45, 2.75) is 76.2 Å². The van der Waals surface area contributed by atoms with Crippen molar-refractivity contribution < 1.29 is 0 Å². The molecule has 2 aliphatic carbocycles. The molecule has 0 unspecified atom stereocenters. The van der Waals surface area contributed by atoms with Crippen LogP contribution in [0.15, 0.2) is 0 Å². The predicted octanol–water partition coefficient (Wildman–Crippen LogP) is 4.49. The van der Waals surface area contributed by atoms with Gasteiger partial charge in [-0.1, -0.05) is 38.5 Å². The van der Waals surface area contributed by atoms with Gasteiger partial charge in [-0.3, -0.25) is 5.10 Å². The van der Waals surface area contributed by atoms with Crippen molar-refractivity contribution in [2.75, 3.05) is 0 Å². The van der Waals surface area contributed by atoms with Gasteiger partial charge in [0.05, 0.1) is 0 Å². The van der Waals surface area contributed by atoms with Gasteiger partial charge in [-0.15, -0.1) is 0 Å². The van der Waals surface area contributed by atoms with Crippen molar-refractivity contribution in [1.82, 2.24) is 14.8 Å². The molecule has 1 heterocycles. The minimum atomic E-state index is 0.613. The molecular weight excluding hydrogens is 242 g/mol. The molecule has 0 aliphatic heterocycles. The van der Waals surface area contributed by atoms with E-state index >= 15 is 0 Å². The van der Waals surface area contributed by atoms with Gasteiger partial charge in [0.15, 0.2) is 4.77 Å². The van der Waals surface area contributed by atoms with Crippen LogP contribution in [0.25, 0.3) is 0 Å². The molecule has 1 N–H and O–H groups in total. The average molecular weight is 265 g/mol. The van der Waals surface area contributed by atoms with Gasteiger partial charge in [0.2, 0.25) is 0 Å². The molecule has 0 aromatic carbocycles. The molecule has 0 saturated heterocycles. The third kappa shape index (κ3) is 2.40. The quantitative estimate of drug-likeness (QED) is 0.799. The Balaban J connectivity index is 1.87. The average Bonchev–Trinajstić information content (AvgIpc) is 2.83.